The molecule has 130 valence electrons. The van der Waals surface area contributed by atoms with Crippen LogP contribution in [-0.2, 0) is 0 Å². The predicted molar refractivity (Wildman–Crippen MR) is 94.5 cm³/mol. The van der Waals surface area contributed by atoms with Crippen LogP contribution in [0.1, 0.15) is 15.9 Å². The van der Waals surface area contributed by atoms with Crippen LogP contribution in [0.15, 0.2) is 66.7 Å². The molecule has 0 aliphatic heterocycles. The minimum atomic E-state index is -0.550. The normalized spacial score (nSPS) is 10.4. The van der Waals surface area contributed by atoms with E-state index in [9.17, 15) is 19.3 Å². The van der Waals surface area contributed by atoms with Crippen molar-refractivity contribution in [2.75, 3.05) is 0 Å². The first kappa shape index (κ1) is 17.6. The lowest BCUT2D eigenvalue weighted by atomic mass is 10.0. The van der Waals surface area contributed by atoms with Crippen LogP contribution in [-0.4, -0.2) is 10.7 Å². The standard InChI is InChI=1S/C19H11ClFNO4/c20-17-11-15(22(24)25)7-10-18(17)26-16-8-3-13(4-9-16)19(23)12-1-5-14(21)6-2-12/h1-11H. The number of nitro groups is 1. The summed E-state index contributed by atoms with van der Waals surface area (Å²) in [6.45, 7) is 0. The third-order valence-electron chi connectivity index (χ3n) is 3.58. The van der Waals surface area contributed by atoms with Gasteiger partial charge in [0.25, 0.3) is 5.69 Å². The van der Waals surface area contributed by atoms with Crippen LogP contribution in [0.3, 0.4) is 0 Å². The van der Waals surface area contributed by atoms with Gasteiger partial charge < -0.3 is 4.74 Å². The average Bonchev–Trinajstić information content (AvgIpc) is 2.64. The number of halogens is 2. The second kappa shape index (κ2) is 7.33. The maximum absolute atomic E-state index is 12.9. The quantitative estimate of drug-likeness (QED) is 0.341. The molecule has 3 aromatic carbocycles. The Morgan fingerprint density at radius 2 is 1.54 bits per heavy atom. The molecule has 0 bridgehead atoms. The van der Waals surface area contributed by atoms with Gasteiger partial charge in [-0.2, -0.15) is 0 Å². The summed E-state index contributed by atoms with van der Waals surface area (Å²) in [5.41, 5.74) is 0.653. The van der Waals surface area contributed by atoms with E-state index in [-0.39, 0.29) is 22.2 Å². The van der Waals surface area contributed by atoms with Crippen LogP contribution >= 0.6 is 11.6 Å². The second-order valence-electron chi connectivity index (χ2n) is 5.33. The van der Waals surface area contributed by atoms with E-state index in [0.29, 0.717) is 16.9 Å². The molecule has 0 aliphatic carbocycles. The second-order valence-corrected chi connectivity index (χ2v) is 5.74. The van der Waals surface area contributed by atoms with Crippen LogP contribution in [0.25, 0.3) is 0 Å². The zero-order chi connectivity index (χ0) is 18.7. The number of hydrogen-bond acceptors (Lipinski definition) is 4. The van der Waals surface area contributed by atoms with Gasteiger partial charge in [0.15, 0.2) is 5.78 Å². The summed E-state index contributed by atoms with van der Waals surface area (Å²) in [6.07, 6.45) is 0. The van der Waals surface area contributed by atoms with E-state index in [1.165, 1.54) is 42.5 Å². The molecule has 3 aromatic rings. The number of ketones is 1. The lowest BCUT2D eigenvalue weighted by Gasteiger charge is -2.08. The van der Waals surface area contributed by atoms with Gasteiger partial charge in [-0.25, -0.2) is 4.39 Å². The number of carbonyl (C=O) groups is 1. The van der Waals surface area contributed by atoms with Gasteiger partial charge >= 0.3 is 0 Å². The highest BCUT2D eigenvalue weighted by molar-refractivity contribution is 6.32. The van der Waals surface area contributed by atoms with Crippen molar-refractivity contribution in [2.24, 2.45) is 0 Å². The first-order valence-corrected chi connectivity index (χ1v) is 7.84. The van der Waals surface area contributed by atoms with Crippen molar-refractivity contribution in [2.45, 2.75) is 0 Å². The molecule has 3 rings (SSSR count). The van der Waals surface area contributed by atoms with Gasteiger partial charge in [0.1, 0.15) is 17.3 Å². The first-order chi connectivity index (χ1) is 12.4. The monoisotopic (exact) mass is 371 g/mol. The van der Waals surface area contributed by atoms with E-state index in [4.69, 9.17) is 16.3 Å². The third kappa shape index (κ3) is 3.87. The van der Waals surface area contributed by atoms with Gasteiger partial charge in [0.05, 0.1) is 9.95 Å². The van der Waals surface area contributed by atoms with Gasteiger partial charge in [-0.3, -0.25) is 14.9 Å². The van der Waals surface area contributed by atoms with Crippen molar-refractivity contribution in [1.29, 1.82) is 0 Å². The van der Waals surface area contributed by atoms with Gasteiger partial charge in [-0.05, 0) is 54.6 Å². The molecule has 26 heavy (non-hydrogen) atoms. The molecule has 7 heteroatoms. The highest BCUT2D eigenvalue weighted by Crippen LogP contribution is 2.32. The summed E-state index contributed by atoms with van der Waals surface area (Å²) in [5, 5.41) is 10.8. The molecular formula is C19H11ClFNO4. The Bertz CT molecular complexity index is 972. The number of carbonyl (C=O) groups excluding carboxylic acids is 1. The summed E-state index contributed by atoms with van der Waals surface area (Å²) in [7, 11) is 0. The Morgan fingerprint density at radius 3 is 2.08 bits per heavy atom. The fourth-order valence-corrected chi connectivity index (χ4v) is 2.47. The minimum Gasteiger partial charge on any atom is -0.456 e. The molecule has 0 aliphatic rings. The minimum absolute atomic E-state index is 0.102. The topological polar surface area (TPSA) is 69.4 Å². The van der Waals surface area contributed by atoms with Crippen LogP contribution in [0.5, 0.6) is 11.5 Å². The number of nitro benzene ring substituents is 1. The molecule has 0 amide bonds. The molecule has 0 spiro atoms. The molecule has 0 saturated heterocycles. The summed E-state index contributed by atoms with van der Waals surface area (Å²) in [4.78, 5) is 22.5. The zero-order valence-corrected chi connectivity index (χ0v) is 13.9. The van der Waals surface area contributed by atoms with E-state index in [0.717, 1.165) is 0 Å². The Kier molecular flexibility index (Phi) is 4.95. The van der Waals surface area contributed by atoms with Gasteiger partial charge in [-0.1, -0.05) is 11.6 Å². The van der Waals surface area contributed by atoms with Crippen LogP contribution < -0.4 is 4.74 Å². The fourth-order valence-electron chi connectivity index (χ4n) is 2.26. The summed E-state index contributed by atoms with van der Waals surface area (Å²) < 4.78 is 18.5. The maximum atomic E-state index is 12.9. The van der Waals surface area contributed by atoms with Gasteiger partial charge in [0, 0.05) is 23.3 Å². The molecule has 0 saturated carbocycles. The largest absolute Gasteiger partial charge is 0.456 e. The van der Waals surface area contributed by atoms with Crippen molar-refractivity contribution in [3.05, 3.63) is 98.8 Å². The smallest absolute Gasteiger partial charge is 0.271 e. The van der Waals surface area contributed by atoms with Gasteiger partial charge in [0.2, 0.25) is 0 Å². The molecule has 0 radical (unpaired) electrons. The molecule has 0 fully saturated rings. The summed E-state index contributed by atoms with van der Waals surface area (Å²) >= 11 is 5.98. The number of rotatable bonds is 5. The predicted octanol–water partition coefficient (Wildman–Crippen LogP) is 5.41. The van der Waals surface area contributed by atoms with E-state index >= 15 is 0 Å². The molecule has 0 heterocycles. The fraction of sp³-hybridized carbons (Fsp3) is 0. The van der Waals surface area contributed by atoms with E-state index < -0.39 is 10.7 Å². The average molecular weight is 372 g/mol. The third-order valence-corrected chi connectivity index (χ3v) is 3.87. The molecule has 0 aromatic heterocycles. The number of benzene rings is 3. The van der Waals surface area contributed by atoms with Crippen molar-refractivity contribution >= 4 is 23.1 Å². The van der Waals surface area contributed by atoms with Crippen LogP contribution in [0.2, 0.25) is 5.02 Å². The highest BCUT2D eigenvalue weighted by atomic mass is 35.5. The first-order valence-electron chi connectivity index (χ1n) is 7.46. The van der Waals surface area contributed by atoms with Crippen LogP contribution in [0.4, 0.5) is 10.1 Å². The summed E-state index contributed by atoms with van der Waals surface area (Å²) in [6, 6.07) is 15.5. The molecule has 5 nitrogen and oxygen atoms in total. The SMILES string of the molecule is O=C(c1ccc(F)cc1)c1ccc(Oc2ccc([N+](=O)[O-])cc2Cl)cc1. The molecule has 0 unspecified atom stereocenters. The van der Waals surface area contributed by atoms with Crippen molar-refractivity contribution in [3.8, 4) is 11.5 Å². The Labute approximate surface area is 152 Å². The van der Waals surface area contributed by atoms with Gasteiger partial charge in [-0.15, -0.1) is 0 Å². The lowest BCUT2D eigenvalue weighted by Crippen LogP contribution is -2.01. The highest BCUT2D eigenvalue weighted by Gasteiger charge is 2.12. The number of non-ortho nitro benzene ring substituents is 1. The molecular weight excluding hydrogens is 361 g/mol. The molecule has 0 N–H and O–H groups in total. The molecule has 0 atom stereocenters. The van der Waals surface area contributed by atoms with E-state index in [1.54, 1.807) is 24.3 Å². The summed E-state index contributed by atoms with van der Waals surface area (Å²) in [5.74, 6) is 0.0153. The van der Waals surface area contributed by atoms with Crippen LogP contribution in [0, 0.1) is 15.9 Å². The number of ether oxygens (including phenoxy) is 1. The Balaban J connectivity index is 1.76. The van der Waals surface area contributed by atoms with Crippen molar-refractivity contribution in [1.82, 2.24) is 0 Å². The zero-order valence-electron chi connectivity index (χ0n) is 13.2. The van der Waals surface area contributed by atoms with Crippen molar-refractivity contribution < 1.29 is 18.8 Å². The number of hydrogen-bond donors (Lipinski definition) is 0. The number of nitrogens with zero attached hydrogens (tertiary/aromatic N) is 1. The van der Waals surface area contributed by atoms with Crippen molar-refractivity contribution in [3.63, 3.8) is 0 Å². The lowest BCUT2D eigenvalue weighted by molar-refractivity contribution is -0.384. The Morgan fingerprint density at radius 1 is 0.962 bits per heavy atom. The Hall–Kier alpha value is -3.25. The maximum Gasteiger partial charge on any atom is 0.271 e. The van der Waals surface area contributed by atoms with E-state index in [1.807, 2.05) is 0 Å². The van der Waals surface area contributed by atoms with E-state index in [2.05, 4.69) is 0 Å².